The van der Waals surface area contributed by atoms with Crippen molar-refractivity contribution in [2.24, 2.45) is 0 Å². The normalized spacial score (nSPS) is 11.1. The maximum absolute atomic E-state index is 12.0. The molecule has 0 aliphatic heterocycles. The van der Waals surface area contributed by atoms with Crippen LogP contribution in [-0.2, 0) is 11.2 Å². The van der Waals surface area contributed by atoms with Gasteiger partial charge in [-0.1, -0.05) is 49.5 Å². The molecule has 0 amide bonds. The largest absolute Gasteiger partial charge is 0.305 e. The smallest absolute Gasteiger partial charge is 0.131 e. The number of rotatable bonds is 5. The Labute approximate surface area is 92.8 Å². The number of hydrogen-bond donors (Lipinski definition) is 0. The molecule has 0 unspecified atom stereocenters. The summed E-state index contributed by atoms with van der Waals surface area (Å²) in [5, 5.41) is 0.411. The molecule has 1 rings (SSSR count). The molecule has 0 aliphatic carbocycles. The molecule has 1 aromatic carbocycles. The highest BCUT2D eigenvalue weighted by Crippen LogP contribution is 2.14. The van der Waals surface area contributed by atoms with Crippen molar-refractivity contribution in [3.8, 4) is 0 Å². The molecule has 0 saturated heterocycles. The van der Waals surface area contributed by atoms with Gasteiger partial charge in [0.1, 0.15) is 13.5 Å². The van der Waals surface area contributed by atoms with Crippen molar-refractivity contribution in [3.05, 3.63) is 48.6 Å². The number of hydrogen-bond acceptors (Lipinski definition) is 1. The molecule has 0 spiro atoms. The first-order valence-corrected chi connectivity index (χ1v) is 8.45. The second-order valence-electron chi connectivity index (χ2n) is 4.46. The van der Waals surface area contributed by atoms with Crippen LogP contribution in [0, 0.1) is 0 Å². The molecular formula is C13H18OSi. The quantitative estimate of drug-likeness (QED) is 0.548. The van der Waals surface area contributed by atoms with Gasteiger partial charge in [0.05, 0.1) is 0 Å². The Morgan fingerprint density at radius 1 is 1.33 bits per heavy atom. The van der Waals surface area contributed by atoms with E-state index in [-0.39, 0.29) is 0 Å². The van der Waals surface area contributed by atoms with Crippen LogP contribution in [0.1, 0.15) is 5.56 Å². The van der Waals surface area contributed by atoms with Crippen LogP contribution in [0.5, 0.6) is 0 Å². The van der Waals surface area contributed by atoms with Crippen LogP contribution >= 0.6 is 0 Å². The van der Waals surface area contributed by atoms with Crippen molar-refractivity contribution in [1.82, 2.24) is 0 Å². The van der Waals surface area contributed by atoms with Gasteiger partial charge in [-0.25, -0.2) is 0 Å². The minimum absolute atomic E-state index is 0.411. The molecule has 0 fully saturated rings. The van der Waals surface area contributed by atoms with Gasteiger partial charge in [0.25, 0.3) is 0 Å². The Bertz CT molecular complexity index is 341. The number of carbonyl (C=O) groups excluding carboxylic acids is 1. The molecule has 80 valence electrons. The Kier molecular flexibility index (Phi) is 4.03. The summed E-state index contributed by atoms with van der Waals surface area (Å²) in [4.78, 5) is 12.0. The zero-order chi connectivity index (χ0) is 11.3. The van der Waals surface area contributed by atoms with Gasteiger partial charge in [-0.3, -0.25) is 0 Å². The van der Waals surface area contributed by atoms with Crippen LogP contribution < -0.4 is 0 Å². The van der Waals surface area contributed by atoms with Crippen LogP contribution in [0.2, 0.25) is 19.1 Å². The monoisotopic (exact) mass is 218 g/mol. The topological polar surface area (TPSA) is 17.1 Å². The zero-order valence-corrected chi connectivity index (χ0v) is 10.5. The lowest BCUT2D eigenvalue weighted by Gasteiger charge is -2.18. The summed E-state index contributed by atoms with van der Waals surface area (Å²) in [5.41, 5.74) is 1.12. The van der Waals surface area contributed by atoms with E-state index in [4.69, 9.17) is 0 Å². The van der Waals surface area contributed by atoms with E-state index in [2.05, 4.69) is 19.7 Å². The van der Waals surface area contributed by atoms with E-state index in [0.29, 0.717) is 11.8 Å². The van der Waals surface area contributed by atoms with Crippen LogP contribution in [0.3, 0.4) is 0 Å². The van der Waals surface area contributed by atoms with Gasteiger partial charge in [-0.15, -0.1) is 6.58 Å². The van der Waals surface area contributed by atoms with E-state index in [1.165, 1.54) is 0 Å². The standard InChI is InChI=1S/C13H18OSi/c1-4-10-15(2,3)13(14)11-12-8-6-5-7-9-12/h4-9H,1,10-11H2,2-3H3. The van der Waals surface area contributed by atoms with Gasteiger partial charge in [0.2, 0.25) is 0 Å². The van der Waals surface area contributed by atoms with Crippen LogP contribution in [0.15, 0.2) is 43.0 Å². The average molecular weight is 218 g/mol. The minimum atomic E-state index is -1.75. The molecule has 0 heterocycles. The Morgan fingerprint density at radius 2 is 1.93 bits per heavy atom. The van der Waals surface area contributed by atoms with Gasteiger partial charge >= 0.3 is 0 Å². The molecule has 15 heavy (non-hydrogen) atoms. The van der Waals surface area contributed by atoms with Crippen molar-refractivity contribution < 1.29 is 4.79 Å². The third kappa shape index (κ3) is 3.48. The van der Waals surface area contributed by atoms with E-state index < -0.39 is 8.07 Å². The average Bonchev–Trinajstić information content (AvgIpc) is 2.19. The molecule has 2 heteroatoms. The zero-order valence-electron chi connectivity index (χ0n) is 9.49. The van der Waals surface area contributed by atoms with Crippen LogP contribution in [0.25, 0.3) is 0 Å². The Hall–Kier alpha value is -1.15. The number of benzene rings is 1. The van der Waals surface area contributed by atoms with Gasteiger partial charge in [-0.2, -0.15) is 0 Å². The van der Waals surface area contributed by atoms with E-state index in [0.717, 1.165) is 11.6 Å². The fraction of sp³-hybridized carbons (Fsp3) is 0.308. The first-order chi connectivity index (χ1) is 7.06. The van der Waals surface area contributed by atoms with Crippen LogP contribution in [-0.4, -0.2) is 13.5 Å². The summed E-state index contributed by atoms with van der Waals surface area (Å²) in [5.74, 6) is 0. The Balaban J connectivity index is 2.67. The second-order valence-corrected chi connectivity index (χ2v) is 9.20. The van der Waals surface area contributed by atoms with Crippen molar-refractivity contribution in [2.45, 2.75) is 25.6 Å². The van der Waals surface area contributed by atoms with Crippen molar-refractivity contribution in [2.75, 3.05) is 0 Å². The summed E-state index contributed by atoms with van der Waals surface area (Å²) in [6.45, 7) is 7.94. The highest BCUT2D eigenvalue weighted by atomic mass is 28.3. The molecule has 0 atom stereocenters. The lowest BCUT2D eigenvalue weighted by atomic mass is 10.2. The van der Waals surface area contributed by atoms with E-state index in [9.17, 15) is 4.79 Å². The summed E-state index contributed by atoms with van der Waals surface area (Å²) >= 11 is 0. The third-order valence-electron chi connectivity index (χ3n) is 2.62. The van der Waals surface area contributed by atoms with E-state index in [1.54, 1.807) is 0 Å². The summed E-state index contributed by atoms with van der Waals surface area (Å²) < 4.78 is 0. The molecule has 1 aromatic rings. The molecule has 0 radical (unpaired) electrons. The molecule has 0 bridgehead atoms. The van der Waals surface area contributed by atoms with Crippen molar-refractivity contribution in [1.29, 1.82) is 0 Å². The highest BCUT2D eigenvalue weighted by molar-refractivity contribution is 7.04. The van der Waals surface area contributed by atoms with Gasteiger partial charge in [0, 0.05) is 6.42 Å². The fourth-order valence-electron chi connectivity index (χ4n) is 1.50. The predicted molar refractivity (Wildman–Crippen MR) is 67.6 cm³/mol. The fourth-order valence-corrected chi connectivity index (χ4v) is 3.13. The highest BCUT2D eigenvalue weighted by Gasteiger charge is 2.28. The molecular weight excluding hydrogens is 200 g/mol. The first-order valence-electron chi connectivity index (χ1n) is 5.24. The lowest BCUT2D eigenvalue weighted by molar-refractivity contribution is -0.112. The first kappa shape index (κ1) is 11.9. The maximum Gasteiger partial charge on any atom is 0.131 e. The third-order valence-corrected chi connectivity index (χ3v) is 5.61. The maximum atomic E-state index is 12.0. The van der Waals surface area contributed by atoms with E-state index >= 15 is 0 Å². The van der Waals surface area contributed by atoms with Crippen molar-refractivity contribution >= 4 is 13.5 Å². The Morgan fingerprint density at radius 3 is 2.47 bits per heavy atom. The van der Waals surface area contributed by atoms with Crippen molar-refractivity contribution in [3.63, 3.8) is 0 Å². The van der Waals surface area contributed by atoms with E-state index in [1.807, 2.05) is 36.4 Å². The minimum Gasteiger partial charge on any atom is -0.305 e. The summed E-state index contributed by atoms with van der Waals surface area (Å²) in [6.07, 6.45) is 2.45. The summed E-state index contributed by atoms with van der Waals surface area (Å²) in [6, 6.07) is 10.8. The number of carbonyl (C=O) groups is 1. The van der Waals surface area contributed by atoms with Gasteiger partial charge in [-0.05, 0) is 11.6 Å². The molecule has 1 nitrogen and oxygen atoms in total. The second kappa shape index (κ2) is 5.08. The molecule has 0 saturated carbocycles. The predicted octanol–water partition coefficient (Wildman–Crippen LogP) is 3.23. The SMILES string of the molecule is C=CC[Si](C)(C)C(=O)Cc1ccccc1. The number of allylic oxidation sites excluding steroid dienone is 1. The van der Waals surface area contributed by atoms with Gasteiger partial charge in [0.15, 0.2) is 0 Å². The molecule has 0 N–H and O–H groups in total. The molecule has 0 aliphatic rings. The summed E-state index contributed by atoms with van der Waals surface area (Å²) in [7, 11) is -1.75. The van der Waals surface area contributed by atoms with Gasteiger partial charge < -0.3 is 4.79 Å². The molecule has 0 aromatic heterocycles. The van der Waals surface area contributed by atoms with Crippen LogP contribution in [0.4, 0.5) is 0 Å². The lowest BCUT2D eigenvalue weighted by Crippen LogP contribution is -2.37.